The minimum atomic E-state index is -0.618. The number of aromatic nitrogens is 2. The molecule has 1 saturated heterocycles. The number of benzene rings is 1. The van der Waals surface area contributed by atoms with Gasteiger partial charge < -0.3 is 14.6 Å². The average molecular weight is 400 g/mol. The lowest BCUT2D eigenvalue weighted by Crippen LogP contribution is -2.47. The van der Waals surface area contributed by atoms with E-state index in [1.807, 2.05) is 24.0 Å². The Labute approximate surface area is 163 Å². The molecule has 1 N–H and O–H groups in total. The van der Waals surface area contributed by atoms with Crippen molar-refractivity contribution >= 4 is 23.2 Å². The summed E-state index contributed by atoms with van der Waals surface area (Å²) < 4.78 is 13.3. The first-order valence-electron chi connectivity index (χ1n) is 8.58. The fourth-order valence-electron chi connectivity index (χ4n) is 2.96. The molecule has 1 fully saturated rings. The minimum absolute atomic E-state index is 0.0573. The van der Waals surface area contributed by atoms with E-state index in [0.717, 1.165) is 18.7 Å². The molecular formula is C18H23Cl2N3O3. The second-order valence-corrected chi connectivity index (χ2v) is 7.38. The molecule has 1 aliphatic rings. The van der Waals surface area contributed by atoms with Crippen LogP contribution in [0.3, 0.4) is 0 Å². The maximum atomic E-state index is 10.3. The third-order valence-electron chi connectivity index (χ3n) is 4.17. The van der Waals surface area contributed by atoms with Crippen LogP contribution in [0.2, 0.25) is 10.0 Å². The van der Waals surface area contributed by atoms with Gasteiger partial charge in [-0.3, -0.25) is 9.58 Å². The van der Waals surface area contributed by atoms with Crippen LogP contribution in [0.25, 0.3) is 0 Å². The largest absolute Gasteiger partial charge is 0.489 e. The molecule has 142 valence electrons. The van der Waals surface area contributed by atoms with Crippen molar-refractivity contribution in [1.29, 1.82) is 0 Å². The Bertz CT molecular complexity index is 725. The van der Waals surface area contributed by atoms with E-state index in [0.29, 0.717) is 35.5 Å². The Kier molecular flexibility index (Phi) is 6.78. The molecule has 0 saturated carbocycles. The number of nitrogens with zero attached hydrogens (tertiary/aromatic N) is 3. The summed E-state index contributed by atoms with van der Waals surface area (Å²) in [6.07, 6.45) is 3.28. The van der Waals surface area contributed by atoms with Crippen LogP contribution in [-0.4, -0.2) is 64.8 Å². The normalized spacial score (nSPS) is 19.5. The van der Waals surface area contributed by atoms with E-state index in [-0.39, 0.29) is 12.7 Å². The molecular weight excluding hydrogens is 377 g/mol. The van der Waals surface area contributed by atoms with Gasteiger partial charge in [-0.25, -0.2) is 0 Å². The molecule has 0 aliphatic carbocycles. The number of ether oxygens (including phenoxy) is 2. The molecule has 6 nitrogen and oxygen atoms in total. The highest BCUT2D eigenvalue weighted by Crippen LogP contribution is 2.27. The SMILES string of the molecule is Cc1cnn(CC2CN(CC(O)COc3ccc(Cl)cc3Cl)CCO2)c1. The van der Waals surface area contributed by atoms with Crippen LogP contribution < -0.4 is 4.74 Å². The summed E-state index contributed by atoms with van der Waals surface area (Å²) in [6.45, 7) is 5.58. The van der Waals surface area contributed by atoms with Crippen LogP contribution in [0.1, 0.15) is 5.56 Å². The second-order valence-electron chi connectivity index (χ2n) is 6.53. The van der Waals surface area contributed by atoms with Gasteiger partial charge in [0.25, 0.3) is 0 Å². The van der Waals surface area contributed by atoms with Crippen molar-refractivity contribution in [2.24, 2.45) is 0 Å². The lowest BCUT2D eigenvalue weighted by Gasteiger charge is -2.34. The van der Waals surface area contributed by atoms with Crippen LogP contribution in [0.15, 0.2) is 30.6 Å². The van der Waals surface area contributed by atoms with E-state index in [9.17, 15) is 5.11 Å². The first-order valence-corrected chi connectivity index (χ1v) is 9.34. The van der Waals surface area contributed by atoms with Gasteiger partial charge in [-0.05, 0) is 30.7 Å². The van der Waals surface area contributed by atoms with Crippen molar-refractivity contribution in [2.75, 3.05) is 32.8 Å². The predicted molar refractivity (Wildman–Crippen MR) is 101 cm³/mol. The topological polar surface area (TPSA) is 59.8 Å². The Morgan fingerprint density at radius 2 is 2.27 bits per heavy atom. The molecule has 2 unspecified atom stereocenters. The summed E-state index contributed by atoms with van der Waals surface area (Å²) in [4.78, 5) is 2.18. The Hall–Kier alpha value is -1.31. The van der Waals surface area contributed by atoms with Gasteiger partial charge in [0.1, 0.15) is 18.5 Å². The number of rotatable bonds is 7. The maximum Gasteiger partial charge on any atom is 0.138 e. The molecule has 1 aliphatic heterocycles. The molecule has 0 amide bonds. The first kappa shape index (κ1) is 19.5. The second kappa shape index (κ2) is 9.06. The van der Waals surface area contributed by atoms with Crippen molar-refractivity contribution in [3.8, 4) is 5.75 Å². The van der Waals surface area contributed by atoms with Crippen molar-refractivity contribution in [3.05, 3.63) is 46.2 Å². The van der Waals surface area contributed by atoms with Gasteiger partial charge in [0, 0.05) is 30.9 Å². The summed E-state index contributed by atoms with van der Waals surface area (Å²) in [5, 5.41) is 15.6. The number of morpholine rings is 1. The summed E-state index contributed by atoms with van der Waals surface area (Å²) in [6, 6.07) is 5.03. The molecule has 2 heterocycles. The first-order chi connectivity index (χ1) is 12.5. The van der Waals surface area contributed by atoms with Gasteiger partial charge in [-0.2, -0.15) is 5.10 Å². The number of β-amino-alcohol motifs (C(OH)–C–C–N with tert-alkyl or cyclic N) is 1. The third-order valence-corrected chi connectivity index (χ3v) is 4.70. The molecule has 0 bridgehead atoms. The van der Waals surface area contributed by atoms with Crippen molar-refractivity contribution in [2.45, 2.75) is 25.7 Å². The zero-order valence-electron chi connectivity index (χ0n) is 14.6. The van der Waals surface area contributed by atoms with Gasteiger partial charge in [-0.15, -0.1) is 0 Å². The van der Waals surface area contributed by atoms with Crippen LogP contribution in [0.4, 0.5) is 0 Å². The van der Waals surface area contributed by atoms with Crippen LogP contribution >= 0.6 is 23.2 Å². The molecule has 2 aromatic rings. The summed E-state index contributed by atoms with van der Waals surface area (Å²) in [7, 11) is 0. The quantitative estimate of drug-likeness (QED) is 0.775. The lowest BCUT2D eigenvalue weighted by molar-refractivity contribution is -0.0517. The number of hydrogen-bond acceptors (Lipinski definition) is 5. The van der Waals surface area contributed by atoms with Gasteiger partial charge in [0.05, 0.1) is 30.5 Å². The highest BCUT2D eigenvalue weighted by atomic mass is 35.5. The van der Waals surface area contributed by atoms with Crippen LogP contribution in [-0.2, 0) is 11.3 Å². The number of aliphatic hydroxyl groups excluding tert-OH is 1. The highest BCUT2D eigenvalue weighted by molar-refractivity contribution is 6.35. The number of halogens is 2. The third kappa shape index (κ3) is 5.59. The monoisotopic (exact) mass is 399 g/mol. The Balaban J connectivity index is 1.45. The zero-order valence-corrected chi connectivity index (χ0v) is 16.2. The van der Waals surface area contributed by atoms with Gasteiger partial charge in [0.15, 0.2) is 0 Å². The van der Waals surface area contributed by atoms with Crippen LogP contribution in [0, 0.1) is 6.92 Å². The van der Waals surface area contributed by atoms with E-state index in [1.165, 1.54) is 0 Å². The fourth-order valence-corrected chi connectivity index (χ4v) is 3.42. The van der Waals surface area contributed by atoms with E-state index in [2.05, 4.69) is 10.00 Å². The molecule has 8 heteroatoms. The molecule has 1 aromatic heterocycles. The minimum Gasteiger partial charge on any atom is -0.489 e. The predicted octanol–water partition coefficient (Wildman–Crippen LogP) is 2.64. The lowest BCUT2D eigenvalue weighted by atomic mass is 10.2. The molecule has 3 rings (SSSR count). The standard InChI is InChI=1S/C18H23Cl2N3O3/c1-13-7-21-23(8-13)11-16-10-22(4-5-25-16)9-15(24)12-26-18-3-2-14(19)6-17(18)20/h2-3,6-8,15-16,24H,4-5,9-12H2,1H3. The van der Waals surface area contributed by atoms with Gasteiger partial charge >= 0.3 is 0 Å². The van der Waals surface area contributed by atoms with Crippen molar-refractivity contribution in [3.63, 3.8) is 0 Å². The van der Waals surface area contributed by atoms with Crippen molar-refractivity contribution in [1.82, 2.24) is 14.7 Å². The fraction of sp³-hybridized carbons (Fsp3) is 0.500. The molecule has 1 aromatic carbocycles. The van der Waals surface area contributed by atoms with E-state index in [1.54, 1.807) is 18.2 Å². The summed E-state index contributed by atoms with van der Waals surface area (Å²) >= 11 is 11.9. The van der Waals surface area contributed by atoms with E-state index in [4.69, 9.17) is 32.7 Å². The summed E-state index contributed by atoms with van der Waals surface area (Å²) in [5.74, 6) is 0.518. The molecule has 26 heavy (non-hydrogen) atoms. The van der Waals surface area contributed by atoms with E-state index < -0.39 is 6.10 Å². The highest BCUT2D eigenvalue weighted by Gasteiger charge is 2.23. The smallest absolute Gasteiger partial charge is 0.138 e. The Morgan fingerprint density at radius 3 is 3.00 bits per heavy atom. The Morgan fingerprint density at radius 1 is 1.42 bits per heavy atom. The zero-order chi connectivity index (χ0) is 18.5. The molecule has 0 radical (unpaired) electrons. The van der Waals surface area contributed by atoms with Crippen molar-refractivity contribution < 1.29 is 14.6 Å². The summed E-state index contributed by atoms with van der Waals surface area (Å²) in [5.41, 5.74) is 1.13. The number of aryl methyl sites for hydroxylation is 1. The average Bonchev–Trinajstić information content (AvgIpc) is 2.99. The van der Waals surface area contributed by atoms with Gasteiger partial charge in [-0.1, -0.05) is 23.2 Å². The van der Waals surface area contributed by atoms with E-state index >= 15 is 0 Å². The van der Waals surface area contributed by atoms with Crippen LogP contribution in [0.5, 0.6) is 5.75 Å². The number of aliphatic hydroxyl groups is 1. The number of hydrogen-bond donors (Lipinski definition) is 1. The molecule has 2 atom stereocenters. The maximum absolute atomic E-state index is 10.3. The van der Waals surface area contributed by atoms with Gasteiger partial charge in [0.2, 0.25) is 0 Å². The molecule has 0 spiro atoms.